The Hall–Kier alpha value is -3.97. The van der Waals surface area contributed by atoms with Crippen LogP contribution in [0.2, 0.25) is 0 Å². The lowest BCUT2D eigenvalue weighted by atomic mass is 9.99. The maximum Gasteiger partial charge on any atom is 0.270 e. The van der Waals surface area contributed by atoms with Crippen LogP contribution in [0.15, 0.2) is 72.8 Å². The SMILES string of the molecule is O=C1Nc2ccc([N+](=O)[O-])cc2C1=C(Nc1ccc(CCN2CCCC2)cc1)c1ccccc1. The Morgan fingerprint density at radius 2 is 1.74 bits per heavy atom. The number of nitro groups is 1. The van der Waals surface area contributed by atoms with Crippen LogP contribution in [0.25, 0.3) is 11.3 Å². The Labute approximate surface area is 198 Å². The van der Waals surface area contributed by atoms with Crippen LogP contribution < -0.4 is 10.6 Å². The van der Waals surface area contributed by atoms with E-state index in [4.69, 9.17) is 0 Å². The summed E-state index contributed by atoms with van der Waals surface area (Å²) in [5.74, 6) is -0.288. The highest BCUT2D eigenvalue weighted by molar-refractivity contribution is 6.37. The third-order valence-corrected chi connectivity index (χ3v) is 6.41. The molecule has 1 fully saturated rings. The predicted octanol–water partition coefficient (Wildman–Crippen LogP) is 5.17. The molecule has 172 valence electrons. The van der Waals surface area contributed by atoms with Gasteiger partial charge in [-0.15, -0.1) is 0 Å². The molecule has 0 aliphatic carbocycles. The number of hydrogen-bond acceptors (Lipinski definition) is 5. The average molecular weight is 455 g/mol. The van der Waals surface area contributed by atoms with Crippen molar-refractivity contribution in [1.29, 1.82) is 0 Å². The Morgan fingerprint density at radius 3 is 2.44 bits per heavy atom. The van der Waals surface area contributed by atoms with Crippen molar-refractivity contribution in [2.24, 2.45) is 0 Å². The first kappa shape index (κ1) is 21.9. The van der Waals surface area contributed by atoms with Crippen LogP contribution in [-0.4, -0.2) is 35.4 Å². The first-order chi connectivity index (χ1) is 16.6. The molecule has 1 amide bonds. The van der Waals surface area contributed by atoms with Crippen LogP contribution in [0, 0.1) is 10.1 Å². The molecular formula is C27H26N4O3. The number of fused-ring (bicyclic) bond motifs is 1. The number of hydrogen-bond donors (Lipinski definition) is 2. The van der Waals surface area contributed by atoms with Gasteiger partial charge in [-0.05, 0) is 61.7 Å². The monoisotopic (exact) mass is 454 g/mol. The number of benzene rings is 3. The van der Waals surface area contributed by atoms with E-state index in [9.17, 15) is 14.9 Å². The molecule has 7 nitrogen and oxygen atoms in total. The second-order valence-corrected chi connectivity index (χ2v) is 8.68. The van der Waals surface area contributed by atoms with Crippen molar-refractivity contribution in [3.05, 3.63) is 99.6 Å². The summed E-state index contributed by atoms with van der Waals surface area (Å²) >= 11 is 0. The van der Waals surface area contributed by atoms with Gasteiger partial charge in [-0.1, -0.05) is 42.5 Å². The summed E-state index contributed by atoms with van der Waals surface area (Å²) in [6.45, 7) is 3.45. The lowest BCUT2D eigenvalue weighted by Crippen LogP contribution is -2.21. The van der Waals surface area contributed by atoms with Gasteiger partial charge in [-0.3, -0.25) is 14.9 Å². The van der Waals surface area contributed by atoms with Gasteiger partial charge in [-0.2, -0.15) is 0 Å². The second-order valence-electron chi connectivity index (χ2n) is 8.68. The van der Waals surface area contributed by atoms with E-state index in [-0.39, 0.29) is 11.6 Å². The molecule has 5 rings (SSSR count). The molecule has 2 heterocycles. The van der Waals surface area contributed by atoms with E-state index in [0.717, 1.165) is 24.2 Å². The maximum atomic E-state index is 13.0. The summed E-state index contributed by atoms with van der Waals surface area (Å²) in [6.07, 6.45) is 3.59. The van der Waals surface area contributed by atoms with Gasteiger partial charge >= 0.3 is 0 Å². The highest BCUT2D eigenvalue weighted by Crippen LogP contribution is 2.39. The first-order valence-electron chi connectivity index (χ1n) is 11.6. The van der Waals surface area contributed by atoms with E-state index in [1.165, 1.54) is 43.6 Å². The normalized spacial score (nSPS) is 16.8. The van der Waals surface area contributed by atoms with Crippen molar-refractivity contribution in [1.82, 2.24) is 4.90 Å². The fourth-order valence-corrected chi connectivity index (χ4v) is 4.59. The number of rotatable bonds is 7. The molecule has 2 N–H and O–H groups in total. The zero-order valence-electron chi connectivity index (χ0n) is 18.8. The average Bonchev–Trinajstić information content (AvgIpc) is 3.49. The van der Waals surface area contributed by atoms with Crippen molar-refractivity contribution in [3.8, 4) is 0 Å². The van der Waals surface area contributed by atoms with E-state index in [1.807, 2.05) is 42.5 Å². The number of non-ortho nitro benzene ring substituents is 1. The van der Waals surface area contributed by atoms with E-state index < -0.39 is 4.92 Å². The molecule has 0 aromatic heterocycles. The van der Waals surface area contributed by atoms with Crippen LogP contribution in [0.3, 0.4) is 0 Å². The van der Waals surface area contributed by atoms with Crippen LogP contribution in [0.1, 0.15) is 29.5 Å². The molecule has 2 aliphatic rings. The van der Waals surface area contributed by atoms with Gasteiger partial charge in [0.05, 0.1) is 16.2 Å². The van der Waals surface area contributed by atoms with Crippen LogP contribution >= 0.6 is 0 Å². The zero-order chi connectivity index (χ0) is 23.5. The fraction of sp³-hybridized carbons (Fsp3) is 0.222. The molecule has 0 spiro atoms. The standard InChI is InChI=1S/C27H26N4O3/c32-27-25(23-18-22(31(33)34)12-13-24(23)29-27)26(20-6-2-1-3-7-20)28-21-10-8-19(9-11-21)14-17-30-15-4-5-16-30/h1-3,6-13,18,28H,4-5,14-17H2,(H,29,32). The van der Waals surface area contributed by atoms with Crippen molar-refractivity contribution < 1.29 is 9.72 Å². The van der Waals surface area contributed by atoms with Gasteiger partial charge in [0.1, 0.15) is 0 Å². The molecule has 0 bridgehead atoms. The summed E-state index contributed by atoms with van der Waals surface area (Å²) in [4.78, 5) is 26.4. The highest BCUT2D eigenvalue weighted by Gasteiger charge is 2.30. The Morgan fingerprint density at radius 1 is 1.00 bits per heavy atom. The summed E-state index contributed by atoms with van der Waals surface area (Å²) in [5.41, 5.74) is 4.98. The lowest BCUT2D eigenvalue weighted by Gasteiger charge is -2.16. The molecule has 3 aromatic rings. The van der Waals surface area contributed by atoms with Gasteiger partial charge in [0, 0.05) is 35.6 Å². The number of carbonyl (C=O) groups excluding carboxylic acids is 1. The predicted molar refractivity (Wildman–Crippen MR) is 134 cm³/mol. The van der Waals surface area contributed by atoms with E-state index in [2.05, 4.69) is 27.7 Å². The molecule has 7 heteroatoms. The topological polar surface area (TPSA) is 87.5 Å². The second kappa shape index (κ2) is 9.49. The third kappa shape index (κ3) is 4.56. The minimum absolute atomic E-state index is 0.0532. The van der Waals surface area contributed by atoms with E-state index in [1.54, 1.807) is 6.07 Å². The van der Waals surface area contributed by atoms with Crippen LogP contribution in [0.5, 0.6) is 0 Å². The van der Waals surface area contributed by atoms with E-state index in [0.29, 0.717) is 22.5 Å². The molecule has 0 saturated carbocycles. The van der Waals surface area contributed by atoms with E-state index >= 15 is 0 Å². The van der Waals surface area contributed by atoms with Crippen LogP contribution in [0.4, 0.5) is 17.1 Å². The number of nitrogens with zero attached hydrogens (tertiary/aromatic N) is 2. The molecule has 0 radical (unpaired) electrons. The number of amides is 1. The number of anilines is 2. The molecule has 3 aromatic carbocycles. The quantitative estimate of drug-likeness (QED) is 0.292. The van der Waals surface area contributed by atoms with Gasteiger partial charge in [0.25, 0.3) is 11.6 Å². The number of nitro benzene ring substituents is 1. The van der Waals surface area contributed by atoms with Crippen molar-refractivity contribution in [3.63, 3.8) is 0 Å². The summed E-state index contributed by atoms with van der Waals surface area (Å²) in [5, 5.41) is 17.6. The van der Waals surface area contributed by atoms with Gasteiger partial charge < -0.3 is 15.5 Å². The Bertz CT molecular complexity index is 1250. The summed E-state index contributed by atoms with van der Waals surface area (Å²) in [7, 11) is 0. The number of likely N-dealkylation sites (tertiary alicyclic amines) is 1. The molecule has 0 atom stereocenters. The van der Waals surface area contributed by atoms with Crippen molar-refractivity contribution in [2.75, 3.05) is 30.3 Å². The minimum Gasteiger partial charge on any atom is -0.354 e. The molecule has 2 aliphatic heterocycles. The highest BCUT2D eigenvalue weighted by atomic mass is 16.6. The Balaban J connectivity index is 1.47. The molecule has 0 unspecified atom stereocenters. The third-order valence-electron chi connectivity index (χ3n) is 6.41. The van der Waals surface area contributed by atoms with Gasteiger partial charge in [0.2, 0.25) is 0 Å². The van der Waals surface area contributed by atoms with Gasteiger partial charge in [0.15, 0.2) is 0 Å². The summed E-state index contributed by atoms with van der Waals surface area (Å²) < 4.78 is 0. The number of carbonyl (C=O) groups is 1. The summed E-state index contributed by atoms with van der Waals surface area (Å²) in [6, 6.07) is 22.2. The molecule has 1 saturated heterocycles. The zero-order valence-corrected chi connectivity index (χ0v) is 18.8. The van der Waals surface area contributed by atoms with Gasteiger partial charge in [-0.25, -0.2) is 0 Å². The first-order valence-corrected chi connectivity index (χ1v) is 11.6. The fourth-order valence-electron chi connectivity index (χ4n) is 4.59. The molecular weight excluding hydrogens is 428 g/mol. The molecule has 34 heavy (non-hydrogen) atoms. The maximum absolute atomic E-state index is 13.0. The van der Waals surface area contributed by atoms with Crippen LogP contribution in [-0.2, 0) is 11.2 Å². The Kier molecular flexibility index (Phi) is 6.10. The van der Waals surface area contributed by atoms with Crippen molar-refractivity contribution in [2.45, 2.75) is 19.3 Å². The lowest BCUT2D eigenvalue weighted by molar-refractivity contribution is -0.384. The smallest absolute Gasteiger partial charge is 0.270 e. The van der Waals surface area contributed by atoms with Crippen molar-refractivity contribution >= 4 is 34.2 Å². The minimum atomic E-state index is -0.447. The number of nitrogens with one attached hydrogen (secondary N) is 2. The largest absolute Gasteiger partial charge is 0.354 e.